The third kappa shape index (κ3) is 2.45. The Kier molecular flexibility index (Phi) is 3.76. The predicted octanol–water partition coefficient (Wildman–Crippen LogP) is 2.23. The fraction of sp³-hybridized carbons (Fsp3) is 0.571. The van der Waals surface area contributed by atoms with Gasteiger partial charge in [-0.3, -0.25) is 4.79 Å². The van der Waals surface area contributed by atoms with E-state index >= 15 is 0 Å². The summed E-state index contributed by atoms with van der Waals surface area (Å²) in [6.07, 6.45) is 4.43. The van der Waals surface area contributed by atoms with Gasteiger partial charge in [-0.2, -0.15) is 0 Å². The van der Waals surface area contributed by atoms with Crippen LogP contribution in [0.3, 0.4) is 0 Å². The minimum atomic E-state index is -0.980. The number of fused-ring (bicyclic) bond motifs is 1. The van der Waals surface area contributed by atoms with Crippen molar-refractivity contribution in [3.8, 4) is 0 Å². The Morgan fingerprint density at radius 2 is 2.00 bits per heavy atom. The van der Waals surface area contributed by atoms with Gasteiger partial charge in [0.1, 0.15) is 4.88 Å². The fourth-order valence-corrected chi connectivity index (χ4v) is 3.86. The summed E-state index contributed by atoms with van der Waals surface area (Å²) in [5.41, 5.74) is 0. The summed E-state index contributed by atoms with van der Waals surface area (Å²) in [5.74, 6) is -1.03. The molecular formula is C14H17NO4S. The first-order valence-electron chi connectivity index (χ1n) is 6.92. The second-order valence-corrected chi connectivity index (χ2v) is 6.31. The molecule has 2 atom stereocenters. The smallest absolute Gasteiger partial charge is 0.345 e. The van der Waals surface area contributed by atoms with Crippen LogP contribution in [-0.2, 0) is 4.74 Å². The van der Waals surface area contributed by atoms with Crippen LogP contribution in [0.1, 0.15) is 45.0 Å². The van der Waals surface area contributed by atoms with Crippen LogP contribution in [-0.4, -0.2) is 47.2 Å². The van der Waals surface area contributed by atoms with E-state index in [-0.39, 0.29) is 22.9 Å². The van der Waals surface area contributed by atoms with E-state index in [1.807, 2.05) is 4.90 Å². The van der Waals surface area contributed by atoms with E-state index in [0.717, 1.165) is 37.0 Å². The van der Waals surface area contributed by atoms with Gasteiger partial charge in [0.25, 0.3) is 5.91 Å². The summed E-state index contributed by atoms with van der Waals surface area (Å²) >= 11 is 1.05. The summed E-state index contributed by atoms with van der Waals surface area (Å²) in [5, 5.41) is 8.94. The van der Waals surface area contributed by atoms with Crippen LogP contribution >= 0.6 is 11.3 Å². The van der Waals surface area contributed by atoms with Crippen molar-refractivity contribution in [2.75, 3.05) is 13.2 Å². The van der Waals surface area contributed by atoms with Crippen LogP contribution in [0.2, 0.25) is 0 Å². The number of rotatable bonds is 2. The first-order valence-corrected chi connectivity index (χ1v) is 7.74. The molecule has 0 unspecified atom stereocenters. The highest BCUT2D eigenvalue weighted by molar-refractivity contribution is 7.15. The predicted molar refractivity (Wildman–Crippen MR) is 74.3 cm³/mol. The van der Waals surface area contributed by atoms with Gasteiger partial charge in [0.05, 0.1) is 23.6 Å². The highest BCUT2D eigenvalue weighted by atomic mass is 32.1. The number of hydrogen-bond donors (Lipinski definition) is 1. The van der Waals surface area contributed by atoms with Gasteiger partial charge in [-0.25, -0.2) is 4.79 Å². The maximum atomic E-state index is 12.6. The quantitative estimate of drug-likeness (QED) is 0.908. The zero-order chi connectivity index (χ0) is 14.1. The third-order valence-electron chi connectivity index (χ3n) is 4.02. The molecule has 1 aromatic rings. The molecule has 1 N–H and O–H groups in total. The van der Waals surface area contributed by atoms with Crippen LogP contribution in [0, 0.1) is 0 Å². The Bertz CT molecular complexity index is 525. The number of nitrogens with zero attached hydrogens (tertiary/aromatic N) is 1. The normalized spacial score (nSPS) is 26.1. The number of morpholine rings is 1. The largest absolute Gasteiger partial charge is 0.477 e. The molecule has 2 fully saturated rings. The van der Waals surface area contributed by atoms with Crippen LogP contribution in [0.25, 0.3) is 0 Å². The fourth-order valence-electron chi connectivity index (χ4n) is 3.06. The molecule has 2 aliphatic rings. The van der Waals surface area contributed by atoms with Crippen LogP contribution in [0.15, 0.2) is 12.1 Å². The Morgan fingerprint density at radius 1 is 1.25 bits per heavy atom. The molecule has 1 aromatic heterocycles. The maximum absolute atomic E-state index is 12.6. The lowest BCUT2D eigenvalue weighted by Gasteiger charge is -2.43. The van der Waals surface area contributed by atoms with Crippen molar-refractivity contribution < 1.29 is 19.4 Å². The van der Waals surface area contributed by atoms with E-state index in [2.05, 4.69) is 0 Å². The van der Waals surface area contributed by atoms with E-state index < -0.39 is 5.97 Å². The van der Waals surface area contributed by atoms with Gasteiger partial charge in [-0.1, -0.05) is 12.8 Å². The summed E-state index contributed by atoms with van der Waals surface area (Å²) < 4.78 is 5.76. The van der Waals surface area contributed by atoms with E-state index in [1.54, 1.807) is 6.07 Å². The average Bonchev–Trinajstić information content (AvgIpc) is 2.96. The molecule has 0 radical (unpaired) electrons. The standard InChI is InChI=1S/C14H17NO4S/c16-13(11-5-6-12(20-11)14(17)18)15-7-8-19-10-4-2-1-3-9(10)15/h5-6,9-10H,1-4,7-8H2,(H,17,18)/t9-,10+/m0/s1. The highest BCUT2D eigenvalue weighted by Crippen LogP contribution is 2.30. The van der Waals surface area contributed by atoms with Gasteiger partial charge < -0.3 is 14.7 Å². The lowest BCUT2D eigenvalue weighted by Crippen LogP contribution is -2.54. The van der Waals surface area contributed by atoms with Crippen molar-refractivity contribution in [2.24, 2.45) is 0 Å². The van der Waals surface area contributed by atoms with Crippen LogP contribution in [0.5, 0.6) is 0 Å². The molecule has 1 aliphatic carbocycles. The molecule has 0 bridgehead atoms. The summed E-state index contributed by atoms with van der Waals surface area (Å²) in [6.45, 7) is 1.17. The van der Waals surface area contributed by atoms with Gasteiger partial charge in [-0.05, 0) is 25.0 Å². The van der Waals surface area contributed by atoms with Crippen molar-refractivity contribution in [2.45, 2.75) is 37.8 Å². The Hall–Kier alpha value is -1.40. The van der Waals surface area contributed by atoms with E-state index in [9.17, 15) is 9.59 Å². The van der Waals surface area contributed by atoms with Crippen LogP contribution in [0.4, 0.5) is 0 Å². The molecule has 108 valence electrons. The zero-order valence-electron chi connectivity index (χ0n) is 11.1. The van der Waals surface area contributed by atoms with E-state index in [1.165, 1.54) is 6.07 Å². The second kappa shape index (κ2) is 5.54. The second-order valence-electron chi connectivity index (χ2n) is 5.23. The van der Waals surface area contributed by atoms with Crippen LogP contribution < -0.4 is 0 Å². The van der Waals surface area contributed by atoms with Gasteiger partial charge in [0.15, 0.2) is 0 Å². The summed E-state index contributed by atoms with van der Waals surface area (Å²) in [7, 11) is 0. The van der Waals surface area contributed by atoms with Gasteiger partial charge in [0, 0.05) is 6.54 Å². The molecule has 20 heavy (non-hydrogen) atoms. The molecule has 2 heterocycles. The molecule has 0 aromatic carbocycles. The molecule has 0 spiro atoms. The van der Waals surface area contributed by atoms with Crippen molar-refractivity contribution in [3.05, 3.63) is 21.9 Å². The van der Waals surface area contributed by atoms with E-state index in [0.29, 0.717) is 18.0 Å². The third-order valence-corrected chi connectivity index (χ3v) is 5.08. The molecule has 1 aliphatic heterocycles. The number of carbonyl (C=O) groups is 2. The maximum Gasteiger partial charge on any atom is 0.345 e. The van der Waals surface area contributed by atoms with E-state index in [4.69, 9.17) is 9.84 Å². The van der Waals surface area contributed by atoms with Gasteiger partial charge in [-0.15, -0.1) is 11.3 Å². The monoisotopic (exact) mass is 295 g/mol. The number of amides is 1. The lowest BCUT2D eigenvalue weighted by atomic mass is 9.90. The Morgan fingerprint density at radius 3 is 2.75 bits per heavy atom. The van der Waals surface area contributed by atoms with Crippen molar-refractivity contribution in [3.63, 3.8) is 0 Å². The first-order chi connectivity index (χ1) is 9.66. The molecule has 1 amide bonds. The van der Waals surface area contributed by atoms with Gasteiger partial charge >= 0.3 is 5.97 Å². The van der Waals surface area contributed by atoms with Crippen molar-refractivity contribution in [1.29, 1.82) is 0 Å². The molecule has 1 saturated carbocycles. The number of carboxylic acids is 1. The number of thiophene rings is 1. The molecule has 6 heteroatoms. The molecule has 5 nitrogen and oxygen atoms in total. The number of hydrogen-bond acceptors (Lipinski definition) is 4. The average molecular weight is 295 g/mol. The number of ether oxygens (including phenoxy) is 1. The number of aromatic carboxylic acids is 1. The molecule has 3 rings (SSSR count). The summed E-state index contributed by atoms with van der Waals surface area (Å²) in [6, 6.07) is 3.27. The van der Waals surface area contributed by atoms with Crippen molar-refractivity contribution in [1.82, 2.24) is 4.90 Å². The zero-order valence-corrected chi connectivity index (χ0v) is 11.9. The lowest BCUT2D eigenvalue weighted by molar-refractivity contribution is -0.0751. The minimum Gasteiger partial charge on any atom is -0.477 e. The Labute approximate surface area is 121 Å². The SMILES string of the molecule is O=C(O)c1ccc(C(=O)N2CCO[C@@H]3CCCC[C@@H]32)s1. The van der Waals surface area contributed by atoms with Gasteiger partial charge in [0.2, 0.25) is 0 Å². The van der Waals surface area contributed by atoms with Crippen molar-refractivity contribution >= 4 is 23.2 Å². The Balaban J connectivity index is 1.79. The highest BCUT2D eigenvalue weighted by Gasteiger charge is 2.37. The summed E-state index contributed by atoms with van der Waals surface area (Å²) in [4.78, 5) is 26.1. The molecular weight excluding hydrogens is 278 g/mol. The topological polar surface area (TPSA) is 66.8 Å². The number of carboxylic acid groups (broad SMARTS) is 1. The molecule has 1 saturated heterocycles. The number of carbonyl (C=O) groups excluding carboxylic acids is 1. The first kappa shape index (κ1) is 13.6. The minimum absolute atomic E-state index is 0.0531.